The molecule has 0 amide bonds. The van der Waals surface area contributed by atoms with Crippen LogP contribution in [0, 0.1) is 23.7 Å². The van der Waals surface area contributed by atoms with Crippen molar-refractivity contribution in [1.29, 1.82) is 0 Å². The van der Waals surface area contributed by atoms with Gasteiger partial charge in [-0.05, 0) is 49.4 Å². The maximum atomic E-state index is 13.0. The predicted molar refractivity (Wildman–Crippen MR) is 367 cm³/mol. The molecule has 0 aromatic heterocycles. The number of unbranched alkanes of at least 4 members (excludes halogenated alkanes) is 34. The first kappa shape index (κ1) is 89.1. The van der Waals surface area contributed by atoms with E-state index in [1.807, 2.05) is 0 Å². The molecule has 0 radical (unpaired) electrons. The van der Waals surface area contributed by atoms with Crippen LogP contribution in [0.15, 0.2) is 0 Å². The average Bonchev–Trinajstić information content (AvgIpc) is 3.60. The highest BCUT2D eigenvalue weighted by molar-refractivity contribution is 7.47. The first-order chi connectivity index (χ1) is 43.6. The van der Waals surface area contributed by atoms with Crippen LogP contribution in [-0.2, 0) is 65.4 Å². The largest absolute Gasteiger partial charge is 0.472 e. The van der Waals surface area contributed by atoms with Crippen molar-refractivity contribution in [3.63, 3.8) is 0 Å². The van der Waals surface area contributed by atoms with Gasteiger partial charge in [0.1, 0.15) is 19.3 Å². The molecule has 0 aliphatic heterocycles. The van der Waals surface area contributed by atoms with Crippen LogP contribution in [0.1, 0.15) is 357 Å². The summed E-state index contributed by atoms with van der Waals surface area (Å²) in [5.41, 5.74) is 0. The van der Waals surface area contributed by atoms with E-state index in [2.05, 4.69) is 55.4 Å². The van der Waals surface area contributed by atoms with Crippen LogP contribution in [0.25, 0.3) is 0 Å². The molecule has 0 aliphatic rings. The lowest BCUT2D eigenvalue weighted by Gasteiger charge is -2.21. The summed E-state index contributed by atoms with van der Waals surface area (Å²) in [6, 6.07) is 0. The molecule has 540 valence electrons. The third-order valence-corrected chi connectivity index (χ3v) is 18.8. The molecular formula is C72H140O17P2. The summed E-state index contributed by atoms with van der Waals surface area (Å²) in [5, 5.41) is 10.6. The summed E-state index contributed by atoms with van der Waals surface area (Å²) in [4.78, 5) is 72.4. The van der Waals surface area contributed by atoms with Gasteiger partial charge in [-0.15, -0.1) is 0 Å². The fourth-order valence-electron chi connectivity index (χ4n) is 10.8. The molecule has 0 aromatic rings. The Hall–Kier alpha value is -1.94. The van der Waals surface area contributed by atoms with Crippen molar-refractivity contribution in [2.45, 2.75) is 375 Å². The van der Waals surface area contributed by atoms with Gasteiger partial charge in [0, 0.05) is 25.7 Å². The number of hydrogen-bond donors (Lipinski definition) is 3. The van der Waals surface area contributed by atoms with Crippen molar-refractivity contribution in [2.75, 3.05) is 39.6 Å². The van der Waals surface area contributed by atoms with Crippen LogP contribution in [-0.4, -0.2) is 96.7 Å². The summed E-state index contributed by atoms with van der Waals surface area (Å²) in [7, 11) is -9.90. The lowest BCUT2D eigenvalue weighted by atomic mass is 9.99. The molecule has 0 fully saturated rings. The third-order valence-electron chi connectivity index (χ3n) is 16.9. The molecule has 0 rings (SSSR count). The minimum Gasteiger partial charge on any atom is -0.462 e. The Kier molecular flexibility index (Phi) is 60.3. The molecule has 19 heteroatoms. The zero-order chi connectivity index (χ0) is 67.5. The van der Waals surface area contributed by atoms with E-state index in [9.17, 15) is 43.2 Å². The number of aliphatic hydroxyl groups is 1. The zero-order valence-corrected chi connectivity index (χ0v) is 61.3. The molecule has 0 heterocycles. The minimum absolute atomic E-state index is 0.101. The van der Waals surface area contributed by atoms with Crippen molar-refractivity contribution in [3.05, 3.63) is 0 Å². The van der Waals surface area contributed by atoms with Crippen molar-refractivity contribution >= 4 is 39.5 Å². The molecule has 0 saturated carbocycles. The number of esters is 4. The molecule has 0 saturated heterocycles. The summed E-state index contributed by atoms with van der Waals surface area (Å²) in [6.45, 7) is 14.0. The quantitative estimate of drug-likeness (QED) is 0.0222. The Labute approximate surface area is 556 Å². The highest BCUT2D eigenvalue weighted by Crippen LogP contribution is 2.45. The average molecular weight is 1340 g/mol. The fourth-order valence-corrected chi connectivity index (χ4v) is 12.4. The van der Waals surface area contributed by atoms with Gasteiger partial charge in [0.2, 0.25) is 0 Å². The van der Waals surface area contributed by atoms with Crippen LogP contribution in [0.2, 0.25) is 0 Å². The highest BCUT2D eigenvalue weighted by Gasteiger charge is 2.30. The number of carbonyl (C=O) groups excluding carboxylic acids is 4. The second kappa shape index (κ2) is 61.6. The van der Waals surface area contributed by atoms with Crippen molar-refractivity contribution in [2.24, 2.45) is 23.7 Å². The van der Waals surface area contributed by atoms with Gasteiger partial charge >= 0.3 is 39.5 Å². The van der Waals surface area contributed by atoms with E-state index in [1.54, 1.807) is 0 Å². The summed E-state index contributed by atoms with van der Waals surface area (Å²) < 4.78 is 68.2. The molecule has 0 bridgehead atoms. The van der Waals surface area contributed by atoms with Gasteiger partial charge in [-0.25, -0.2) is 9.13 Å². The molecule has 0 aromatic carbocycles. The van der Waals surface area contributed by atoms with Gasteiger partial charge in [-0.3, -0.25) is 37.3 Å². The second-order valence-electron chi connectivity index (χ2n) is 27.6. The Morgan fingerprint density at radius 2 is 0.527 bits per heavy atom. The third kappa shape index (κ3) is 65.1. The second-order valence-corrected chi connectivity index (χ2v) is 30.6. The number of phosphoric ester groups is 2. The smallest absolute Gasteiger partial charge is 0.462 e. The van der Waals surface area contributed by atoms with Gasteiger partial charge in [-0.1, -0.05) is 306 Å². The van der Waals surface area contributed by atoms with Crippen LogP contribution >= 0.6 is 15.6 Å². The molecule has 0 spiro atoms. The monoisotopic (exact) mass is 1340 g/mol. The van der Waals surface area contributed by atoms with Gasteiger partial charge < -0.3 is 33.8 Å². The van der Waals surface area contributed by atoms with Crippen molar-refractivity contribution in [1.82, 2.24) is 0 Å². The van der Waals surface area contributed by atoms with Crippen LogP contribution < -0.4 is 0 Å². The van der Waals surface area contributed by atoms with Gasteiger partial charge in [0.25, 0.3) is 0 Å². The summed E-state index contributed by atoms with van der Waals surface area (Å²) >= 11 is 0. The highest BCUT2D eigenvalue weighted by atomic mass is 31.2. The maximum Gasteiger partial charge on any atom is 0.472 e. The molecule has 3 N–H and O–H groups in total. The van der Waals surface area contributed by atoms with E-state index < -0.39 is 97.5 Å². The Morgan fingerprint density at radius 3 is 0.780 bits per heavy atom. The Balaban J connectivity index is 5.12. The number of ether oxygens (including phenoxy) is 4. The topological polar surface area (TPSA) is 237 Å². The van der Waals surface area contributed by atoms with Crippen molar-refractivity contribution < 1.29 is 80.2 Å². The SMILES string of the molecule is CCC(C)CCCCCCCCCCCCCCCCCCCCC(=O)O[C@H](COC(=O)CCCCCCCCC(C)C)COP(=O)(O)OCC(O)COP(=O)(O)OC[C@@H](COC(=O)CCCCCCCCCCC(C)C)OC(=O)CCCCCCCCC(C)C. The predicted octanol–water partition coefficient (Wildman–Crippen LogP) is 20.5. The molecule has 91 heavy (non-hydrogen) atoms. The standard InChI is InChI=1S/C72H140O17P2/c1-9-65(8)51-43-35-25-20-18-16-14-12-10-11-13-15-17-19-21-27-38-46-54-71(76)88-67(59-83-70(75)53-45-37-30-28-33-41-49-63(4)5)60-86-90(78,79)84-56-66(73)57-85-91(80,81)87-61-68(89-72(77)55-47-39-31-29-34-42-50-64(6)7)58-82-69(74)52-44-36-26-23-22-24-32-40-48-62(2)3/h62-68,73H,9-61H2,1-8H3,(H,78,79)(H,80,81)/t65?,66?,67-,68-/m1/s1. The number of phosphoric acid groups is 2. The van der Waals surface area contributed by atoms with E-state index in [0.717, 1.165) is 108 Å². The molecule has 17 nitrogen and oxygen atoms in total. The van der Waals surface area contributed by atoms with Gasteiger partial charge in [0.05, 0.1) is 26.4 Å². The van der Waals surface area contributed by atoms with Crippen LogP contribution in [0.3, 0.4) is 0 Å². The van der Waals surface area contributed by atoms with E-state index in [4.69, 9.17) is 37.0 Å². The van der Waals surface area contributed by atoms with Gasteiger partial charge in [-0.2, -0.15) is 0 Å². The zero-order valence-electron chi connectivity index (χ0n) is 59.5. The first-order valence-electron chi connectivity index (χ1n) is 37.2. The van der Waals surface area contributed by atoms with E-state index in [-0.39, 0.29) is 25.7 Å². The minimum atomic E-state index is -4.95. The fraction of sp³-hybridized carbons (Fsp3) is 0.944. The van der Waals surface area contributed by atoms with E-state index in [0.29, 0.717) is 37.5 Å². The molecule has 0 aliphatic carbocycles. The Bertz CT molecular complexity index is 1800. The van der Waals surface area contributed by atoms with Gasteiger partial charge in [0.15, 0.2) is 12.2 Å². The van der Waals surface area contributed by atoms with Crippen molar-refractivity contribution in [3.8, 4) is 0 Å². The number of hydrogen-bond acceptors (Lipinski definition) is 15. The normalized spacial score (nSPS) is 14.5. The molecule has 4 unspecified atom stereocenters. The van der Waals surface area contributed by atoms with Crippen LogP contribution in [0.4, 0.5) is 0 Å². The Morgan fingerprint density at radius 1 is 0.308 bits per heavy atom. The molecule has 6 atom stereocenters. The number of rotatable bonds is 69. The summed E-state index contributed by atoms with van der Waals surface area (Å²) in [5.74, 6) is 0.811. The maximum absolute atomic E-state index is 13.0. The van der Waals surface area contributed by atoms with E-state index in [1.165, 1.54) is 154 Å². The molecular weight excluding hydrogens is 1200 g/mol. The summed E-state index contributed by atoms with van der Waals surface area (Å²) in [6.07, 6.45) is 45.0. The van der Waals surface area contributed by atoms with Crippen LogP contribution in [0.5, 0.6) is 0 Å². The number of aliphatic hydroxyl groups excluding tert-OH is 1. The lowest BCUT2D eigenvalue weighted by molar-refractivity contribution is -0.161. The first-order valence-corrected chi connectivity index (χ1v) is 40.2. The lowest BCUT2D eigenvalue weighted by Crippen LogP contribution is -2.30. The van der Waals surface area contributed by atoms with E-state index >= 15 is 0 Å². The number of carbonyl (C=O) groups is 4.